The molecule has 1 aliphatic heterocycles. The first-order valence-electron chi connectivity index (χ1n) is 7.55. The number of hydrogen-bond donors (Lipinski definition) is 1. The monoisotopic (exact) mass is 302 g/mol. The molecular formula is C16H22N4S. The Labute approximate surface area is 130 Å². The van der Waals surface area contributed by atoms with E-state index >= 15 is 0 Å². The molecule has 1 saturated heterocycles. The van der Waals surface area contributed by atoms with Crippen LogP contribution in [-0.4, -0.2) is 31.2 Å². The first kappa shape index (κ1) is 14.4. The smallest absolute Gasteiger partial charge is 0.185 e. The summed E-state index contributed by atoms with van der Waals surface area (Å²) in [4.78, 5) is 10.8. The molecule has 4 nitrogen and oxygen atoms in total. The van der Waals surface area contributed by atoms with Crippen molar-refractivity contribution in [1.29, 1.82) is 0 Å². The van der Waals surface area contributed by atoms with Gasteiger partial charge in [-0.2, -0.15) is 0 Å². The van der Waals surface area contributed by atoms with Crippen molar-refractivity contribution < 1.29 is 0 Å². The number of hydrogen-bond acceptors (Lipinski definition) is 5. The highest BCUT2D eigenvalue weighted by molar-refractivity contribution is 7.15. The van der Waals surface area contributed by atoms with Gasteiger partial charge in [0.2, 0.25) is 0 Å². The number of thiazole rings is 1. The minimum atomic E-state index is 0.602. The lowest BCUT2D eigenvalue weighted by Crippen LogP contribution is -2.46. The van der Waals surface area contributed by atoms with Crippen molar-refractivity contribution in [2.75, 3.05) is 36.0 Å². The predicted molar refractivity (Wildman–Crippen MR) is 90.3 cm³/mol. The molecule has 1 fully saturated rings. The van der Waals surface area contributed by atoms with Crippen LogP contribution in [0.15, 0.2) is 30.3 Å². The second-order valence-electron chi connectivity index (χ2n) is 5.23. The fraction of sp³-hybridized carbons (Fsp3) is 0.438. The molecule has 0 aliphatic carbocycles. The summed E-state index contributed by atoms with van der Waals surface area (Å²) in [5, 5.41) is 1.14. The quantitative estimate of drug-likeness (QED) is 0.942. The van der Waals surface area contributed by atoms with E-state index < -0.39 is 0 Å². The molecule has 0 radical (unpaired) electrons. The molecule has 21 heavy (non-hydrogen) atoms. The Morgan fingerprint density at radius 1 is 1.10 bits per heavy atom. The van der Waals surface area contributed by atoms with Crippen molar-refractivity contribution in [2.24, 2.45) is 5.73 Å². The van der Waals surface area contributed by atoms with Crippen molar-refractivity contribution in [3.8, 4) is 0 Å². The SMILES string of the molecule is CCc1nc(N2CCN(c3ccccc3)CC2)sc1CN. The molecule has 2 N–H and O–H groups in total. The molecule has 1 aromatic heterocycles. The van der Waals surface area contributed by atoms with Gasteiger partial charge in [-0.15, -0.1) is 11.3 Å². The highest BCUT2D eigenvalue weighted by Crippen LogP contribution is 2.28. The predicted octanol–water partition coefficient (Wildman–Crippen LogP) is 2.49. The second kappa shape index (κ2) is 6.45. The van der Waals surface area contributed by atoms with Crippen LogP contribution in [0.1, 0.15) is 17.5 Å². The van der Waals surface area contributed by atoms with Crippen molar-refractivity contribution in [2.45, 2.75) is 19.9 Å². The number of nitrogens with zero attached hydrogens (tertiary/aromatic N) is 3. The van der Waals surface area contributed by atoms with E-state index in [2.05, 4.69) is 47.1 Å². The van der Waals surface area contributed by atoms with Crippen LogP contribution in [0, 0.1) is 0 Å². The summed E-state index contributed by atoms with van der Waals surface area (Å²) < 4.78 is 0. The van der Waals surface area contributed by atoms with Gasteiger partial charge in [0.25, 0.3) is 0 Å². The molecule has 0 bridgehead atoms. The zero-order valence-corrected chi connectivity index (χ0v) is 13.3. The van der Waals surface area contributed by atoms with Crippen LogP contribution in [0.25, 0.3) is 0 Å². The van der Waals surface area contributed by atoms with Crippen LogP contribution in [-0.2, 0) is 13.0 Å². The lowest BCUT2D eigenvalue weighted by Gasteiger charge is -2.36. The van der Waals surface area contributed by atoms with Gasteiger partial charge in [0.1, 0.15) is 0 Å². The number of rotatable bonds is 4. The number of anilines is 2. The molecular weight excluding hydrogens is 280 g/mol. The van der Waals surface area contributed by atoms with Crippen molar-refractivity contribution in [1.82, 2.24) is 4.98 Å². The molecule has 112 valence electrons. The topological polar surface area (TPSA) is 45.4 Å². The Balaban J connectivity index is 1.67. The zero-order chi connectivity index (χ0) is 14.7. The van der Waals surface area contributed by atoms with Crippen LogP contribution >= 0.6 is 11.3 Å². The molecule has 1 aliphatic rings. The summed E-state index contributed by atoms with van der Waals surface area (Å²) in [7, 11) is 0. The third-order valence-corrected chi connectivity index (χ3v) is 5.14. The van der Waals surface area contributed by atoms with Crippen molar-refractivity contribution in [3.63, 3.8) is 0 Å². The second-order valence-corrected chi connectivity index (χ2v) is 6.30. The van der Waals surface area contributed by atoms with Crippen molar-refractivity contribution >= 4 is 22.2 Å². The summed E-state index contributed by atoms with van der Waals surface area (Å²) in [6, 6.07) is 10.6. The maximum atomic E-state index is 5.81. The summed E-state index contributed by atoms with van der Waals surface area (Å²) in [5.74, 6) is 0. The average Bonchev–Trinajstić information content (AvgIpc) is 2.99. The number of aryl methyl sites for hydroxylation is 1. The number of piperazine rings is 1. The fourth-order valence-electron chi connectivity index (χ4n) is 2.74. The van der Waals surface area contributed by atoms with Gasteiger partial charge in [-0.05, 0) is 18.6 Å². The fourth-order valence-corrected chi connectivity index (χ4v) is 3.81. The number of nitrogens with two attached hydrogens (primary N) is 1. The van der Waals surface area contributed by atoms with E-state index in [1.807, 2.05) is 0 Å². The Morgan fingerprint density at radius 2 is 1.76 bits per heavy atom. The molecule has 1 aromatic carbocycles. The largest absolute Gasteiger partial charge is 0.368 e. The van der Waals surface area contributed by atoms with Gasteiger partial charge in [-0.25, -0.2) is 4.98 Å². The van der Waals surface area contributed by atoms with E-state index in [0.29, 0.717) is 6.54 Å². The Morgan fingerprint density at radius 3 is 2.33 bits per heavy atom. The van der Waals surface area contributed by atoms with E-state index in [1.165, 1.54) is 16.3 Å². The molecule has 2 aromatic rings. The molecule has 0 unspecified atom stereocenters. The highest BCUT2D eigenvalue weighted by atomic mass is 32.1. The highest BCUT2D eigenvalue weighted by Gasteiger charge is 2.20. The standard InChI is InChI=1S/C16H22N4S/c1-2-14-15(12-17)21-16(18-14)20-10-8-19(9-11-20)13-6-4-3-5-7-13/h3-7H,2,8-12,17H2,1H3. The molecule has 0 amide bonds. The third kappa shape index (κ3) is 3.04. The van der Waals surface area contributed by atoms with E-state index in [9.17, 15) is 0 Å². The maximum absolute atomic E-state index is 5.81. The maximum Gasteiger partial charge on any atom is 0.185 e. The molecule has 0 spiro atoms. The van der Waals surface area contributed by atoms with E-state index in [0.717, 1.165) is 37.7 Å². The third-order valence-electron chi connectivity index (χ3n) is 3.96. The first-order chi connectivity index (χ1) is 10.3. The number of aromatic nitrogens is 1. The van der Waals surface area contributed by atoms with Crippen LogP contribution in [0.3, 0.4) is 0 Å². The lowest BCUT2D eigenvalue weighted by atomic mass is 10.2. The van der Waals surface area contributed by atoms with Gasteiger partial charge >= 0.3 is 0 Å². The summed E-state index contributed by atoms with van der Waals surface area (Å²) >= 11 is 1.76. The summed E-state index contributed by atoms with van der Waals surface area (Å²) in [6.45, 7) is 6.88. The zero-order valence-electron chi connectivity index (χ0n) is 12.5. The van der Waals surface area contributed by atoms with Gasteiger partial charge in [-0.1, -0.05) is 25.1 Å². The van der Waals surface area contributed by atoms with Crippen LogP contribution in [0.2, 0.25) is 0 Å². The van der Waals surface area contributed by atoms with Gasteiger partial charge in [-0.3, -0.25) is 0 Å². The summed E-state index contributed by atoms with van der Waals surface area (Å²) in [5.41, 5.74) is 8.29. The molecule has 2 heterocycles. The Hall–Kier alpha value is -1.59. The molecule has 0 saturated carbocycles. The lowest BCUT2D eigenvalue weighted by molar-refractivity contribution is 0.651. The Kier molecular flexibility index (Phi) is 4.41. The molecule has 3 rings (SSSR count). The normalized spacial score (nSPS) is 15.5. The van der Waals surface area contributed by atoms with Crippen LogP contribution in [0.5, 0.6) is 0 Å². The van der Waals surface area contributed by atoms with Crippen LogP contribution in [0.4, 0.5) is 10.8 Å². The molecule has 5 heteroatoms. The minimum Gasteiger partial charge on any atom is -0.368 e. The molecule has 0 atom stereocenters. The van der Waals surface area contributed by atoms with E-state index in [-0.39, 0.29) is 0 Å². The first-order valence-corrected chi connectivity index (χ1v) is 8.37. The van der Waals surface area contributed by atoms with Gasteiger partial charge in [0.05, 0.1) is 5.69 Å². The number of para-hydroxylation sites is 1. The van der Waals surface area contributed by atoms with Gasteiger partial charge < -0.3 is 15.5 Å². The van der Waals surface area contributed by atoms with Gasteiger partial charge in [0, 0.05) is 43.3 Å². The summed E-state index contributed by atoms with van der Waals surface area (Å²) in [6.07, 6.45) is 0.965. The van der Waals surface area contributed by atoms with Crippen LogP contribution < -0.4 is 15.5 Å². The average molecular weight is 302 g/mol. The van der Waals surface area contributed by atoms with E-state index in [1.54, 1.807) is 11.3 Å². The van der Waals surface area contributed by atoms with E-state index in [4.69, 9.17) is 10.7 Å². The number of benzene rings is 1. The Bertz CT molecular complexity index is 552. The van der Waals surface area contributed by atoms with Gasteiger partial charge in [0.15, 0.2) is 5.13 Å². The van der Waals surface area contributed by atoms with Crippen molar-refractivity contribution in [3.05, 3.63) is 40.9 Å². The minimum absolute atomic E-state index is 0.602.